The Morgan fingerprint density at radius 2 is 2.13 bits per heavy atom. The topological polar surface area (TPSA) is 26.3 Å². The summed E-state index contributed by atoms with van der Waals surface area (Å²) >= 11 is 0. The molecule has 0 aliphatic heterocycles. The molecular formula is C13H22O2. The second kappa shape index (κ2) is 5.00. The van der Waals surface area contributed by atoms with Crippen LogP contribution < -0.4 is 0 Å². The number of ether oxygens (including phenoxy) is 1. The van der Waals surface area contributed by atoms with E-state index in [0.29, 0.717) is 6.42 Å². The zero-order chi connectivity index (χ0) is 10.7. The van der Waals surface area contributed by atoms with Crippen molar-refractivity contribution < 1.29 is 9.53 Å². The van der Waals surface area contributed by atoms with Crippen molar-refractivity contribution in [1.29, 1.82) is 0 Å². The monoisotopic (exact) mass is 210 g/mol. The fourth-order valence-corrected chi connectivity index (χ4v) is 3.51. The zero-order valence-corrected chi connectivity index (χ0v) is 9.71. The minimum atomic E-state index is -0.0528. The van der Waals surface area contributed by atoms with Crippen molar-refractivity contribution in [3.8, 4) is 0 Å². The van der Waals surface area contributed by atoms with Crippen LogP contribution in [0.2, 0.25) is 0 Å². The first kappa shape index (κ1) is 11.0. The molecule has 15 heavy (non-hydrogen) atoms. The van der Waals surface area contributed by atoms with E-state index in [0.717, 1.165) is 24.2 Å². The highest BCUT2D eigenvalue weighted by Crippen LogP contribution is 2.49. The molecular weight excluding hydrogens is 188 g/mol. The number of rotatable bonds is 5. The van der Waals surface area contributed by atoms with Gasteiger partial charge < -0.3 is 4.74 Å². The lowest BCUT2D eigenvalue weighted by atomic mass is 9.85. The van der Waals surface area contributed by atoms with Gasteiger partial charge >= 0.3 is 5.97 Å². The molecule has 0 aromatic rings. The van der Waals surface area contributed by atoms with E-state index in [1.54, 1.807) is 0 Å². The average Bonchev–Trinajstić information content (AvgIpc) is 2.85. The minimum Gasteiger partial charge on any atom is -0.469 e. The Labute approximate surface area is 92.4 Å². The number of carbonyl (C=O) groups is 1. The smallest absolute Gasteiger partial charge is 0.305 e. The van der Waals surface area contributed by atoms with Gasteiger partial charge in [0.2, 0.25) is 0 Å². The summed E-state index contributed by atoms with van der Waals surface area (Å²) in [6, 6.07) is 0. The summed E-state index contributed by atoms with van der Waals surface area (Å²) in [5.74, 6) is 3.03. The quantitative estimate of drug-likeness (QED) is 0.514. The number of hydrogen-bond donors (Lipinski definition) is 0. The number of carbonyl (C=O) groups excluding carboxylic acids is 1. The molecule has 3 atom stereocenters. The summed E-state index contributed by atoms with van der Waals surface area (Å²) < 4.78 is 4.63. The molecule has 0 spiro atoms. The van der Waals surface area contributed by atoms with Gasteiger partial charge in [0.15, 0.2) is 0 Å². The molecule has 2 saturated carbocycles. The van der Waals surface area contributed by atoms with E-state index in [1.807, 2.05) is 0 Å². The molecule has 0 radical (unpaired) electrons. The van der Waals surface area contributed by atoms with Crippen LogP contribution in [-0.2, 0) is 9.53 Å². The maximum Gasteiger partial charge on any atom is 0.305 e. The second-order valence-electron chi connectivity index (χ2n) is 5.26. The third-order valence-electron chi connectivity index (χ3n) is 4.32. The highest BCUT2D eigenvalue weighted by molar-refractivity contribution is 5.68. The molecule has 3 unspecified atom stereocenters. The standard InChI is InChI=1S/C13H22O2/c1-15-13(14)5-3-2-4-11-8-10-6-7-12(11)9-10/h10-12H,2-9H2,1H3. The summed E-state index contributed by atoms with van der Waals surface area (Å²) in [4.78, 5) is 10.9. The van der Waals surface area contributed by atoms with E-state index in [1.165, 1.54) is 45.6 Å². The van der Waals surface area contributed by atoms with Crippen LogP contribution in [0.4, 0.5) is 0 Å². The molecule has 2 rings (SSSR count). The molecule has 2 aliphatic rings. The molecule has 0 heterocycles. The van der Waals surface area contributed by atoms with Crippen LogP contribution in [-0.4, -0.2) is 13.1 Å². The van der Waals surface area contributed by atoms with E-state index in [4.69, 9.17) is 0 Å². The molecule has 2 nitrogen and oxygen atoms in total. The largest absolute Gasteiger partial charge is 0.469 e. The molecule has 2 fully saturated rings. The lowest BCUT2D eigenvalue weighted by Crippen LogP contribution is -2.10. The van der Waals surface area contributed by atoms with E-state index < -0.39 is 0 Å². The van der Waals surface area contributed by atoms with Crippen molar-refractivity contribution in [2.75, 3.05) is 7.11 Å². The Balaban J connectivity index is 1.57. The van der Waals surface area contributed by atoms with Gasteiger partial charge in [-0.1, -0.05) is 19.3 Å². The summed E-state index contributed by atoms with van der Waals surface area (Å²) in [5.41, 5.74) is 0. The highest BCUT2D eigenvalue weighted by Gasteiger charge is 2.38. The van der Waals surface area contributed by atoms with Gasteiger partial charge in [0.25, 0.3) is 0 Å². The maximum atomic E-state index is 10.9. The van der Waals surface area contributed by atoms with Gasteiger partial charge in [0.05, 0.1) is 7.11 Å². The van der Waals surface area contributed by atoms with Crippen LogP contribution in [0.25, 0.3) is 0 Å². The molecule has 2 aliphatic carbocycles. The maximum absolute atomic E-state index is 10.9. The van der Waals surface area contributed by atoms with E-state index >= 15 is 0 Å². The Bertz CT molecular complexity index is 225. The number of unbranched alkanes of at least 4 members (excludes halogenated alkanes) is 1. The van der Waals surface area contributed by atoms with Crippen molar-refractivity contribution in [2.24, 2.45) is 17.8 Å². The van der Waals surface area contributed by atoms with Gasteiger partial charge in [-0.2, -0.15) is 0 Å². The fourth-order valence-electron chi connectivity index (χ4n) is 3.51. The van der Waals surface area contributed by atoms with Crippen LogP contribution >= 0.6 is 0 Å². The lowest BCUT2D eigenvalue weighted by molar-refractivity contribution is -0.140. The Morgan fingerprint density at radius 1 is 1.27 bits per heavy atom. The van der Waals surface area contributed by atoms with Crippen molar-refractivity contribution in [3.05, 3.63) is 0 Å². The molecule has 0 saturated heterocycles. The van der Waals surface area contributed by atoms with Gasteiger partial charge in [0.1, 0.15) is 0 Å². The molecule has 0 N–H and O–H groups in total. The van der Waals surface area contributed by atoms with Crippen LogP contribution in [0.5, 0.6) is 0 Å². The number of methoxy groups -OCH3 is 1. The SMILES string of the molecule is COC(=O)CCCCC1CC2CCC1C2. The first-order valence-electron chi connectivity index (χ1n) is 6.36. The lowest BCUT2D eigenvalue weighted by Gasteiger charge is -2.21. The van der Waals surface area contributed by atoms with Crippen molar-refractivity contribution in [3.63, 3.8) is 0 Å². The summed E-state index contributed by atoms with van der Waals surface area (Å²) in [7, 11) is 1.47. The van der Waals surface area contributed by atoms with Gasteiger partial charge in [0, 0.05) is 6.42 Å². The minimum absolute atomic E-state index is 0.0528. The van der Waals surface area contributed by atoms with Gasteiger partial charge in [-0.3, -0.25) is 4.79 Å². The van der Waals surface area contributed by atoms with E-state index in [-0.39, 0.29) is 5.97 Å². The number of esters is 1. The first-order valence-corrected chi connectivity index (χ1v) is 6.36. The van der Waals surface area contributed by atoms with Gasteiger partial charge in [-0.05, 0) is 43.4 Å². The highest BCUT2D eigenvalue weighted by atomic mass is 16.5. The molecule has 0 aromatic heterocycles. The van der Waals surface area contributed by atoms with Crippen LogP contribution in [0.3, 0.4) is 0 Å². The molecule has 86 valence electrons. The van der Waals surface area contributed by atoms with E-state index in [9.17, 15) is 4.79 Å². The van der Waals surface area contributed by atoms with Crippen molar-refractivity contribution >= 4 is 5.97 Å². The predicted molar refractivity (Wildman–Crippen MR) is 59.4 cm³/mol. The summed E-state index contributed by atoms with van der Waals surface area (Å²) in [6.45, 7) is 0. The Morgan fingerprint density at radius 3 is 2.73 bits per heavy atom. The van der Waals surface area contributed by atoms with E-state index in [2.05, 4.69) is 4.74 Å². The average molecular weight is 210 g/mol. The normalized spacial score (nSPS) is 33.3. The third kappa shape index (κ3) is 2.73. The van der Waals surface area contributed by atoms with Crippen LogP contribution in [0, 0.1) is 17.8 Å². The first-order chi connectivity index (χ1) is 7.29. The van der Waals surface area contributed by atoms with Crippen LogP contribution in [0.1, 0.15) is 51.4 Å². The number of fused-ring (bicyclic) bond motifs is 2. The molecule has 0 amide bonds. The molecule has 0 aromatic carbocycles. The molecule has 2 bridgehead atoms. The van der Waals surface area contributed by atoms with Crippen molar-refractivity contribution in [2.45, 2.75) is 51.4 Å². The predicted octanol–water partition coefficient (Wildman–Crippen LogP) is 3.16. The summed E-state index contributed by atoms with van der Waals surface area (Å²) in [6.07, 6.45) is 10.1. The third-order valence-corrected chi connectivity index (χ3v) is 4.32. The van der Waals surface area contributed by atoms with Gasteiger partial charge in [-0.15, -0.1) is 0 Å². The van der Waals surface area contributed by atoms with Crippen molar-refractivity contribution in [1.82, 2.24) is 0 Å². The Kier molecular flexibility index (Phi) is 3.66. The second-order valence-corrected chi connectivity index (χ2v) is 5.26. The zero-order valence-electron chi connectivity index (χ0n) is 9.71. The molecule has 2 heteroatoms. The van der Waals surface area contributed by atoms with Gasteiger partial charge in [-0.25, -0.2) is 0 Å². The Hall–Kier alpha value is -0.530. The van der Waals surface area contributed by atoms with Crippen LogP contribution in [0.15, 0.2) is 0 Å². The number of hydrogen-bond acceptors (Lipinski definition) is 2. The fraction of sp³-hybridized carbons (Fsp3) is 0.923. The summed E-state index contributed by atoms with van der Waals surface area (Å²) in [5, 5.41) is 0.